The van der Waals surface area contributed by atoms with E-state index in [1.807, 2.05) is 0 Å². The van der Waals surface area contributed by atoms with Crippen molar-refractivity contribution >= 4 is 22.9 Å². The molecule has 2 aromatic carbocycles. The van der Waals surface area contributed by atoms with Crippen molar-refractivity contribution in [2.24, 2.45) is 0 Å². The smallest absolute Gasteiger partial charge is 0.247 e. The summed E-state index contributed by atoms with van der Waals surface area (Å²) in [4.78, 5) is 23.9. The quantitative estimate of drug-likeness (QED) is 0.344. The zero-order valence-electron chi connectivity index (χ0n) is 19.0. The van der Waals surface area contributed by atoms with Gasteiger partial charge in [0.1, 0.15) is 17.5 Å². The van der Waals surface area contributed by atoms with E-state index in [1.165, 1.54) is 35.4 Å². The summed E-state index contributed by atoms with van der Waals surface area (Å²) in [5.74, 6) is -0.583. The summed E-state index contributed by atoms with van der Waals surface area (Å²) < 4.78 is 22.1. The lowest BCUT2D eigenvalue weighted by Gasteiger charge is -2.09. The first-order chi connectivity index (χ1) is 17.4. The molecule has 0 saturated carbocycles. The Morgan fingerprint density at radius 3 is 2.67 bits per heavy atom. The van der Waals surface area contributed by atoms with Gasteiger partial charge in [0.2, 0.25) is 11.8 Å². The van der Waals surface area contributed by atoms with Crippen LogP contribution >= 0.6 is 0 Å². The van der Waals surface area contributed by atoms with Crippen LogP contribution in [0.1, 0.15) is 5.69 Å². The van der Waals surface area contributed by atoms with Crippen molar-refractivity contribution in [3.63, 3.8) is 0 Å². The van der Waals surface area contributed by atoms with Gasteiger partial charge in [-0.05, 0) is 42.8 Å². The Bertz CT molecular complexity index is 1620. The van der Waals surface area contributed by atoms with Gasteiger partial charge in [-0.25, -0.2) is 14.4 Å². The van der Waals surface area contributed by atoms with Crippen LogP contribution in [0.25, 0.3) is 27.9 Å². The van der Waals surface area contributed by atoms with Crippen molar-refractivity contribution in [1.82, 2.24) is 29.8 Å². The molecule has 0 radical (unpaired) electrons. The molecular weight excluding hydrogens is 463 g/mol. The average Bonchev–Trinajstić information content (AvgIpc) is 3.27. The maximum Gasteiger partial charge on any atom is 0.247 e. The summed E-state index contributed by atoms with van der Waals surface area (Å²) in [6, 6.07) is 11.5. The Morgan fingerprint density at radius 1 is 1.17 bits per heavy atom. The second kappa shape index (κ2) is 9.22. The normalized spacial score (nSPS) is 10.8. The van der Waals surface area contributed by atoms with Gasteiger partial charge < -0.3 is 15.8 Å². The molecule has 0 spiro atoms. The fraction of sp³-hybridized carbons (Fsp3) is 0.0400. The molecule has 36 heavy (non-hydrogen) atoms. The zero-order chi connectivity index (χ0) is 25.2. The molecule has 10 nitrogen and oxygen atoms in total. The van der Waals surface area contributed by atoms with E-state index in [1.54, 1.807) is 43.5 Å². The van der Waals surface area contributed by atoms with E-state index in [4.69, 9.17) is 10.5 Å². The first-order valence-electron chi connectivity index (χ1n) is 10.7. The van der Waals surface area contributed by atoms with E-state index in [9.17, 15) is 4.79 Å². The van der Waals surface area contributed by atoms with Crippen molar-refractivity contribution in [2.45, 2.75) is 6.92 Å². The van der Waals surface area contributed by atoms with Crippen LogP contribution in [0.15, 0.2) is 73.8 Å². The van der Waals surface area contributed by atoms with Gasteiger partial charge in [0.15, 0.2) is 17.4 Å². The van der Waals surface area contributed by atoms with E-state index in [0.29, 0.717) is 39.3 Å². The van der Waals surface area contributed by atoms with Gasteiger partial charge in [-0.3, -0.25) is 9.78 Å². The first kappa shape index (κ1) is 22.6. The lowest BCUT2D eigenvalue weighted by molar-refractivity contribution is -0.111. The van der Waals surface area contributed by atoms with E-state index < -0.39 is 5.82 Å². The fourth-order valence-electron chi connectivity index (χ4n) is 3.64. The SMILES string of the molecule is C=CC(=O)Nc1ccc(-c2nn3ncnc(N)c3c2-c2ccc(Oc3cncc(C)n3)c(F)c2)cc1. The van der Waals surface area contributed by atoms with Gasteiger partial charge in [-0.15, -0.1) is 14.8 Å². The molecule has 0 aliphatic carbocycles. The molecule has 3 aromatic heterocycles. The summed E-state index contributed by atoms with van der Waals surface area (Å²) >= 11 is 0. The van der Waals surface area contributed by atoms with E-state index in [-0.39, 0.29) is 23.4 Å². The Balaban J connectivity index is 1.59. The molecule has 0 unspecified atom stereocenters. The third-order valence-corrected chi connectivity index (χ3v) is 5.25. The maximum atomic E-state index is 15.2. The number of fused-ring (bicyclic) bond motifs is 1. The third kappa shape index (κ3) is 4.32. The number of carbonyl (C=O) groups is 1. The Kier molecular flexibility index (Phi) is 5.79. The van der Waals surface area contributed by atoms with Crippen LogP contribution in [0.4, 0.5) is 15.9 Å². The lowest BCUT2D eigenvalue weighted by atomic mass is 9.99. The Labute approximate surface area is 204 Å². The van der Waals surface area contributed by atoms with Crippen LogP contribution in [-0.2, 0) is 4.79 Å². The van der Waals surface area contributed by atoms with E-state index in [2.05, 4.69) is 37.0 Å². The molecule has 0 fully saturated rings. The summed E-state index contributed by atoms with van der Waals surface area (Å²) in [6.45, 7) is 5.21. The monoisotopic (exact) mass is 482 g/mol. The molecule has 0 saturated heterocycles. The van der Waals surface area contributed by atoms with Crippen LogP contribution in [0.2, 0.25) is 0 Å². The number of nitrogens with one attached hydrogen (secondary N) is 1. The highest BCUT2D eigenvalue weighted by molar-refractivity contribution is 5.99. The van der Waals surface area contributed by atoms with Crippen molar-refractivity contribution < 1.29 is 13.9 Å². The van der Waals surface area contributed by atoms with Gasteiger partial charge in [-0.2, -0.15) is 0 Å². The number of nitrogens with two attached hydrogens (primary N) is 1. The van der Waals surface area contributed by atoms with Crippen molar-refractivity contribution in [1.29, 1.82) is 0 Å². The van der Waals surface area contributed by atoms with Gasteiger partial charge in [0.25, 0.3) is 0 Å². The number of amides is 1. The topological polar surface area (TPSA) is 133 Å². The molecular formula is C25H19FN8O2. The fourth-order valence-corrected chi connectivity index (χ4v) is 3.64. The number of aromatic nitrogens is 6. The van der Waals surface area contributed by atoms with Crippen LogP contribution < -0.4 is 15.8 Å². The molecule has 5 aromatic rings. The highest BCUT2D eigenvalue weighted by atomic mass is 19.1. The molecule has 0 aliphatic rings. The largest absolute Gasteiger partial charge is 0.434 e. The minimum Gasteiger partial charge on any atom is -0.434 e. The number of aryl methyl sites for hydroxylation is 1. The van der Waals surface area contributed by atoms with Gasteiger partial charge in [-0.1, -0.05) is 24.8 Å². The van der Waals surface area contributed by atoms with E-state index in [0.717, 1.165) is 0 Å². The highest BCUT2D eigenvalue weighted by Crippen LogP contribution is 2.38. The number of nitrogens with zero attached hydrogens (tertiary/aromatic N) is 6. The maximum absolute atomic E-state index is 15.2. The summed E-state index contributed by atoms with van der Waals surface area (Å²) in [6.07, 6.45) is 5.45. The molecule has 0 atom stereocenters. The number of hydrogen-bond acceptors (Lipinski definition) is 8. The molecule has 0 bridgehead atoms. The molecule has 1 amide bonds. The third-order valence-electron chi connectivity index (χ3n) is 5.25. The van der Waals surface area contributed by atoms with Gasteiger partial charge in [0, 0.05) is 23.0 Å². The highest BCUT2D eigenvalue weighted by Gasteiger charge is 2.21. The summed E-state index contributed by atoms with van der Waals surface area (Å²) in [5.41, 5.74) is 10.0. The summed E-state index contributed by atoms with van der Waals surface area (Å²) in [5, 5.41) is 11.4. The molecule has 0 aliphatic heterocycles. The average molecular weight is 482 g/mol. The van der Waals surface area contributed by atoms with Crippen molar-refractivity contribution in [3.8, 4) is 34.0 Å². The number of hydrogen-bond donors (Lipinski definition) is 2. The Hall–Kier alpha value is -5.19. The minimum atomic E-state index is -0.612. The molecule has 5 rings (SSSR count). The molecule has 11 heteroatoms. The number of halogens is 1. The number of benzene rings is 2. The van der Waals surface area contributed by atoms with Crippen LogP contribution in [0, 0.1) is 12.7 Å². The van der Waals surface area contributed by atoms with Gasteiger partial charge >= 0.3 is 0 Å². The second-order valence-electron chi connectivity index (χ2n) is 7.72. The number of anilines is 2. The van der Waals surface area contributed by atoms with Gasteiger partial charge in [0.05, 0.1) is 11.9 Å². The van der Waals surface area contributed by atoms with Crippen LogP contribution in [0.3, 0.4) is 0 Å². The molecule has 178 valence electrons. The Morgan fingerprint density at radius 2 is 1.94 bits per heavy atom. The minimum absolute atomic E-state index is 0.0109. The summed E-state index contributed by atoms with van der Waals surface area (Å²) in [7, 11) is 0. The number of nitrogen functional groups attached to an aromatic ring is 1. The van der Waals surface area contributed by atoms with E-state index >= 15 is 4.39 Å². The standard InChI is InChI=1S/C25H19FN8O2/c1-3-20(35)32-17-7-4-15(5-8-17)23-22(24-25(27)29-13-30-34(24)33-23)16-6-9-19(18(26)10-16)36-21-12-28-11-14(2)31-21/h3-13H,1H2,2H3,(H,32,35)(H2,27,29,30). The number of ether oxygens (including phenoxy) is 1. The predicted octanol–water partition coefficient (Wildman–Crippen LogP) is 4.19. The first-order valence-corrected chi connectivity index (χ1v) is 10.7. The second-order valence-corrected chi connectivity index (χ2v) is 7.72. The lowest BCUT2D eigenvalue weighted by Crippen LogP contribution is -2.06. The van der Waals surface area contributed by atoms with Crippen LogP contribution in [-0.4, -0.2) is 35.7 Å². The zero-order valence-corrected chi connectivity index (χ0v) is 19.0. The molecule has 3 heterocycles. The molecule has 3 N–H and O–H groups in total. The van der Waals surface area contributed by atoms with Crippen molar-refractivity contribution in [3.05, 3.63) is 85.4 Å². The number of rotatable bonds is 6. The van der Waals surface area contributed by atoms with Crippen molar-refractivity contribution in [2.75, 3.05) is 11.1 Å². The predicted molar refractivity (Wildman–Crippen MR) is 132 cm³/mol. The van der Waals surface area contributed by atoms with Crippen LogP contribution in [0.5, 0.6) is 11.6 Å². The number of carbonyl (C=O) groups excluding carboxylic acids is 1.